The fraction of sp³-hybridized carbons (Fsp3) is 0.481. The first-order valence-corrected chi connectivity index (χ1v) is 13.5. The van der Waals surface area contributed by atoms with Gasteiger partial charge in [0.25, 0.3) is 0 Å². The van der Waals surface area contributed by atoms with Crippen LogP contribution in [0.1, 0.15) is 62.1 Å². The van der Waals surface area contributed by atoms with Crippen LogP contribution in [-0.2, 0) is 21.9 Å². The maximum absolute atomic E-state index is 13.4. The van der Waals surface area contributed by atoms with E-state index in [2.05, 4.69) is 11.4 Å². The number of benzene rings is 2. The standard InChI is InChI=1S/C27H35ClN2O2S/c1-3-25(27(32)29-23-13-5-4-6-14-23)30(17-21-11-9-10-20(2)16-21)26(31)19-33-18-22-12-7-8-15-24(22)28/h7-12,15-16,23,25H,3-6,13-14,17-19H2,1-2H3,(H,29,32). The van der Waals surface area contributed by atoms with Gasteiger partial charge in [-0.15, -0.1) is 11.8 Å². The van der Waals surface area contributed by atoms with E-state index in [9.17, 15) is 9.59 Å². The Morgan fingerprint density at radius 3 is 2.58 bits per heavy atom. The van der Waals surface area contributed by atoms with Gasteiger partial charge in [-0.1, -0.05) is 85.8 Å². The SMILES string of the molecule is CCC(C(=O)NC1CCCCC1)N(Cc1cccc(C)c1)C(=O)CSCc1ccccc1Cl. The van der Waals surface area contributed by atoms with E-state index in [-0.39, 0.29) is 17.9 Å². The van der Waals surface area contributed by atoms with Crippen LogP contribution in [0.3, 0.4) is 0 Å². The molecule has 33 heavy (non-hydrogen) atoms. The third kappa shape index (κ3) is 7.79. The molecule has 0 radical (unpaired) electrons. The molecule has 178 valence electrons. The Morgan fingerprint density at radius 2 is 1.88 bits per heavy atom. The van der Waals surface area contributed by atoms with Crippen molar-refractivity contribution in [3.63, 3.8) is 0 Å². The Kier molecular flexibility index (Phi) is 10.1. The van der Waals surface area contributed by atoms with Crippen LogP contribution in [-0.4, -0.2) is 34.6 Å². The van der Waals surface area contributed by atoms with E-state index < -0.39 is 6.04 Å². The van der Waals surface area contributed by atoms with Crippen molar-refractivity contribution in [2.24, 2.45) is 0 Å². The molecule has 6 heteroatoms. The van der Waals surface area contributed by atoms with Gasteiger partial charge in [0.15, 0.2) is 0 Å². The zero-order chi connectivity index (χ0) is 23.6. The van der Waals surface area contributed by atoms with Crippen molar-refractivity contribution < 1.29 is 9.59 Å². The first kappa shape index (κ1) is 25.6. The van der Waals surface area contributed by atoms with Crippen molar-refractivity contribution in [3.05, 3.63) is 70.2 Å². The van der Waals surface area contributed by atoms with Gasteiger partial charge in [-0.25, -0.2) is 0 Å². The van der Waals surface area contributed by atoms with Crippen LogP contribution in [0.15, 0.2) is 48.5 Å². The summed E-state index contributed by atoms with van der Waals surface area (Å²) >= 11 is 7.81. The first-order chi connectivity index (χ1) is 16.0. The molecular weight excluding hydrogens is 452 g/mol. The number of hydrogen-bond donors (Lipinski definition) is 1. The third-order valence-electron chi connectivity index (χ3n) is 6.21. The predicted molar refractivity (Wildman–Crippen MR) is 138 cm³/mol. The van der Waals surface area contributed by atoms with Gasteiger partial charge in [-0.2, -0.15) is 0 Å². The fourth-order valence-corrected chi connectivity index (χ4v) is 5.61. The molecule has 2 aromatic rings. The highest BCUT2D eigenvalue weighted by molar-refractivity contribution is 7.99. The van der Waals surface area contributed by atoms with Crippen molar-refractivity contribution in [1.82, 2.24) is 10.2 Å². The summed E-state index contributed by atoms with van der Waals surface area (Å²) in [4.78, 5) is 28.4. The van der Waals surface area contributed by atoms with E-state index in [1.165, 1.54) is 18.2 Å². The van der Waals surface area contributed by atoms with E-state index >= 15 is 0 Å². The summed E-state index contributed by atoms with van der Waals surface area (Å²) in [6.45, 7) is 4.46. The number of halogens is 1. The van der Waals surface area contributed by atoms with Crippen LogP contribution < -0.4 is 5.32 Å². The number of nitrogens with one attached hydrogen (secondary N) is 1. The Labute approximate surface area is 207 Å². The highest BCUT2D eigenvalue weighted by atomic mass is 35.5. The molecule has 0 heterocycles. The van der Waals surface area contributed by atoms with Gasteiger partial charge in [0.05, 0.1) is 5.75 Å². The summed E-state index contributed by atoms with van der Waals surface area (Å²) in [5.74, 6) is 0.930. The minimum Gasteiger partial charge on any atom is -0.352 e. The highest BCUT2D eigenvalue weighted by Gasteiger charge is 2.30. The van der Waals surface area contributed by atoms with Crippen LogP contribution in [0.4, 0.5) is 0 Å². The zero-order valence-corrected chi connectivity index (χ0v) is 21.3. The molecule has 0 aliphatic heterocycles. The second-order valence-corrected chi connectivity index (χ2v) is 10.3. The maximum Gasteiger partial charge on any atom is 0.243 e. The summed E-state index contributed by atoms with van der Waals surface area (Å²) in [6, 6.07) is 15.6. The molecular formula is C27H35ClN2O2S. The average molecular weight is 487 g/mol. The topological polar surface area (TPSA) is 49.4 Å². The predicted octanol–water partition coefficient (Wildman–Crippen LogP) is 6.14. The fourth-order valence-electron chi connectivity index (χ4n) is 4.42. The number of hydrogen-bond acceptors (Lipinski definition) is 3. The van der Waals surface area contributed by atoms with Gasteiger partial charge < -0.3 is 10.2 Å². The van der Waals surface area contributed by atoms with E-state index in [4.69, 9.17) is 11.6 Å². The molecule has 0 aromatic heterocycles. The van der Waals surface area contributed by atoms with E-state index in [1.807, 2.05) is 56.3 Å². The van der Waals surface area contributed by atoms with Crippen molar-refractivity contribution in [1.29, 1.82) is 0 Å². The largest absolute Gasteiger partial charge is 0.352 e. The molecule has 2 aromatic carbocycles. The molecule has 0 saturated heterocycles. The normalized spacial score (nSPS) is 15.1. The molecule has 1 aliphatic carbocycles. The molecule has 4 nitrogen and oxygen atoms in total. The van der Waals surface area contributed by atoms with Crippen molar-refractivity contribution in [3.8, 4) is 0 Å². The molecule has 1 saturated carbocycles. The summed E-state index contributed by atoms with van der Waals surface area (Å²) in [5.41, 5.74) is 3.21. The van der Waals surface area contributed by atoms with Crippen molar-refractivity contribution in [2.45, 2.75) is 76.8 Å². The molecule has 1 unspecified atom stereocenters. The maximum atomic E-state index is 13.4. The van der Waals surface area contributed by atoms with Gasteiger partial charge in [0, 0.05) is 23.4 Å². The van der Waals surface area contributed by atoms with Crippen LogP contribution in [0.2, 0.25) is 5.02 Å². The lowest BCUT2D eigenvalue weighted by atomic mass is 9.95. The molecule has 0 bridgehead atoms. The number of thioether (sulfide) groups is 1. The molecule has 2 amide bonds. The number of rotatable bonds is 10. The monoisotopic (exact) mass is 486 g/mol. The van der Waals surface area contributed by atoms with Crippen LogP contribution >= 0.6 is 23.4 Å². The molecule has 0 spiro atoms. The van der Waals surface area contributed by atoms with Crippen LogP contribution in [0.5, 0.6) is 0 Å². The summed E-state index contributed by atoms with van der Waals surface area (Å²) in [7, 11) is 0. The van der Waals surface area contributed by atoms with Crippen LogP contribution in [0, 0.1) is 6.92 Å². The molecule has 3 rings (SSSR count). The number of nitrogens with zero attached hydrogens (tertiary/aromatic N) is 1. The van der Waals surface area contributed by atoms with Crippen molar-refractivity contribution in [2.75, 3.05) is 5.75 Å². The Morgan fingerprint density at radius 1 is 1.12 bits per heavy atom. The lowest BCUT2D eigenvalue weighted by Crippen LogP contribution is -2.52. The van der Waals surface area contributed by atoms with Crippen LogP contribution in [0.25, 0.3) is 0 Å². The van der Waals surface area contributed by atoms with Crippen molar-refractivity contribution >= 4 is 35.2 Å². The second-order valence-electron chi connectivity index (χ2n) is 8.86. The van der Waals surface area contributed by atoms with Gasteiger partial charge in [0.1, 0.15) is 6.04 Å². The minimum absolute atomic E-state index is 0.0146. The van der Waals surface area contributed by atoms with Gasteiger partial charge in [-0.05, 0) is 43.4 Å². The lowest BCUT2D eigenvalue weighted by Gasteiger charge is -2.33. The van der Waals surface area contributed by atoms with Gasteiger partial charge >= 0.3 is 0 Å². The Balaban J connectivity index is 1.71. The second kappa shape index (κ2) is 13.0. The molecule has 1 fully saturated rings. The minimum atomic E-state index is -0.471. The number of carbonyl (C=O) groups excluding carboxylic acids is 2. The van der Waals surface area contributed by atoms with Gasteiger partial charge in [-0.3, -0.25) is 9.59 Å². The Hall–Kier alpha value is -1.98. The summed E-state index contributed by atoms with van der Waals surface area (Å²) < 4.78 is 0. The molecule has 1 aliphatic rings. The van der Waals surface area contributed by atoms with E-state index in [0.29, 0.717) is 29.5 Å². The zero-order valence-electron chi connectivity index (χ0n) is 19.7. The quantitative estimate of drug-likeness (QED) is 0.439. The average Bonchev–Trinajstić information content (AvgIpc) is 2.81. The summed E-state index contributed by atoms with van der Waals surface area (Å²) in [5, 5.41) is 3.95. The highest BCUT2D eigenvalue weighted by Crippen LogP contribution is 2.23. The molecule has 1 N–H and O–H groups in total. The Bertz CT molecular complexity index is 930. The van der Waals surface area contributed by atoms with Gasteiger partial charge in [0.2, 0.25) is 11.8 Å². The number of amides is 2. The summed E-state index contributed by atoms with van der Waals surface area (Å²) in [6.07, 6.45) is 6.21. The lowest BCUT2D eigenvalue weighted by molar-refractivity contribution is -0.139. The smallest absolute Gasteiger partial charge is 0.243 e. The third-order valence-corrected chi connectivity index (χ3v) is 7.55. The van der Waals surface area contributed by atoms with E-state index in [1.54, 1.807) is 4.90 Å². The number of aryl methyl sites for hydroxylation is 1. The first-order valence-electron chi connectivity index (χ1n) is 11.9. The number of carbonyl (C=O) groups is 2. The van der Waals surface area contributed by atoms with E-state index in [0.717, 1.165) is 42.4 Å². The molecule has 1 atom stereocenters.